The van der Waals surface area contributed by atoms with Crippen molar-refractivity contribution in [2.75, 3.05) is 33.8 Å². The number of hydrogen-bond donors (Lipinski definition) is 1. The Bertz CT molecular complexity index is 584. The van der Waals surface area contributed by atoms with Crippen LogP contribution in [0.25, 0.3) is 0 Å². The van der Waals surface area contributed by atoms with Crippen LogP contribution in [0.15, 0.2) is 9.72 Å². The second-order valence-electron chi connectivity index (χ2n) is 4.75. The minimum Gasteiger partial charge on any atom is -0.464 e. The molecule has 0 amide bonds. The normalized spacial score (nSPS) is 20.2. The molecular weight excluding hydrogens is 302 g/mol. The number of nitrogens with zero attached hydrogens (tertiary/aromatic N) is 2. The molecule has 1 atom stereocenters. The zero-order valence-electron chi connectivity index (χ0n) is 11.3. The van der Waals surface area contributed by atoms with Crippen molar-refractivity contribution >= 4 is 27.3 Å². The summed E-state index contributed by atoms with van der Waals surface area (Å²) in [6.45, 7) is 2.21. The maximum absolute atomic E-state index is 12.2. The van der Waals surface area contributed by atoms with Crippen LogP contribution in [0.1, 0.15) is 16.9 Å². The van der Waals surface area contributed by atoms with Crippen LogP contribution in [-0.4, -0.2) is 58.1 Å². The van der Waals surface area contributed by atoms with E-state index in [9.17, 15) is 13.2 Å². The number of esters is 1. The van der Waals surface area contributed by atoms with Crippen LogP contribution in [0.4, 0.5) is 0 Å². The van der Waals surface area contributed by atoms with Crippen LogP contribution in [0, 0.1) is 5.92 Å². The Morgan fingerprint density at radius 3 is 3.00 bits per heavy atom. The summed E-state index contributed by atoms with van der Waals surface area (Å²) in [6.07, 6.45) is 0.964. The smallest absolute Gasteiger partial charge is 0.358 e. The van der Waals surface area contributed by atoms with Gasteiger partial charge in [-0.3, -0.25) is 0 Å². The third-order valence-corrected chi connectivity index (χ3v) is 6.00. The zero-order chi connectivity index (χ0) is 14.8. The summed E-state index contributed by atoms with van der Waals surface area (Å²) in [6, 6.07) is 0. The Balaban J connectivity index is 2.07. The Kier molecular flexibility index (Phi) is 4.74. The maximum Gasteiger partial charge on any atom is 0.358 e. The number of likely N-dealkylation sites (tertiary alicyclic amines) is 1. The van der Waals surface area contributed by atoms with Crippen molar-refractivity contribution in [1.82, 2.24) is 14.6 Å². The fourth-order valence-corrected chi connectivity index (χ4v) is 4.44. The largest absolute Gasteiger partial charge is 0.464 e. The van der Waals surface area contributed by atoms with Gasteiger partial charge in [0.15, 0.2) is 9.90 Å². The van der Waals surface area contributed by atoms with E-state index in [2.05, 4.69) is 19.3 Å². The van der Waals surface area contributed by atoms with E-state index in [1.165, 1.54) is 12.6 Å². The highest BCUT2D eigenvalue weighted by Crippen LogP contribution is 2.21. The predicted molar refractivity (Wildman–Crippen MR) is 74.2 cm³/mol. The van der Waals surface area contributed by atoms with E-state index in [-0.39, 0.29) is 9.90 Å². The number of carbonyl (C=O) groups is 1. The van der Waals surface area contributed by atoms with Crippen LogP contribution in [0.3, 0.4) is 0 Å². The summed E-state index contributed by atoms with van der Waals surface area (Å²) in [5.41, 5.74) is 1.16. The first-order chi connectivity index (χ1) is 9.44. The van der Waals surface area contributed by atoms with E-state index in [0.717, 1.165) is 30.8 Å². The van der Waals surface area contributed by atoms with E-state index in [4.69, 9.17) is 0 Å². The number of aromatic nitrogens is 1. The number of carbonyl (C=O) groups excluding carboxylic acids is 1. The fourth-order valence-electron chi connectivity index (χ4n) is 2.14. The Labute approximate surface area is 122 Å². The number of methoxy groups -OCH3 is 1. The number of thiazole rings is 1. The fraction of sp³-hybridized carbons (Fsp3) is 0.636. The lowest BCUT2D eigenvalue weighted by molar-refractivity contribution is 0.0590. The van der Waals surface area contributed by atoms with Gasteiger partial charge in [0.2, 0.25) is 0 Å². The molecular formula is C11H17N3O4S2. The molecule has 1 aliphatic rings. The van der Waals surface area contributed by atoms with Crippen molar-refractivity contribution in [3.63, 3.8) is 0 Å². The van der Waals surface area contributed by atoms with Crippen molar-refractivity contribution in [2.24, 2.45) is 5.92 Å². The molecule has 2 heterocycles. The number of ether oxygens (including phenoxy) is 1. The van der Waals surface area contributed by atoms with Gasteiger partial charge in [-0.05, 0) is 25.9 Å². The van der Waals surface area contributed by atoms with E-state index >= 15 is 0 Å². The second-order valence-corrected chi connectivity index (χ2v) is 7.57. The second kappa shape index (κ2) is 6.17. The van der Waals surface area contributed by atoms with Crippen molar-refractivity contribution < 1.29 is 17.9 Å². The molecule has 20 heavy (non-hydrogen) atoms. The molecule has 2 rings (SSSR count). The Hall–Kier alpha value is -1.03. The van der Waals surface area contributed by atoms with Crippen LogP contribution in [-0.2, 0) is 14.8 Å². The SMILES string of the molecule is COC(=O)c1ncsc1S(=O)(=O)NCC1CCN(C)C1. The molecule has 1 aromatic rings. The summed E-state index contributed by atoms with van der Waals surface area (Å²) in [4.78, 5) is 17.4. The number of hydrogen-bond acceptors (Lipinski definition) is 7. The lowest BCUT2D eigenvalue weighted by atomic mass is 10.1. The lowest BCUT2D eigenvalue weighted by Gasteiger charge is -2.11. The zero-order valence-corrected chi connectivity index (χ0v) is 13.0. The molecule has 1 saturated heterocycles. The molecule has 0 aromatic carbocycles. The Morgan fingerprint density at radius 2 is 2.40 bits per heavy atom. The van der Waals surface area contributed by atoms with Crippen LogP contribution >= 0.6 is 11.3 Å². The van der Waals surface area contributed by atoms with E-state index < -0.39 is 16.0 Å². The van der Waals surface area contributed by atoms with Crippen LogP contribution < -0.4 is 4.72 Å². The minimum absolute atomic E-state index is 0.0873. The molecule has 0 aliphatic carbocycles. The number of rotatable bonds is 5. The molecule has 0 radical (unpaired) electrons. The maximum atomic E-state index is 12.2. The van der Waals surface area contributed by atoms with Gasteiger partial charge >= 0.3 is 5.97 Å². The lowest BCUT2D eigenvalue weighted by Crippen LogP contribution is -2.31. The molecule has 1 N–H and O–H groups in total. The predicted octanol–water partition coefficient (Wildman–Crippen LogP) is 0.160. The average molecular weight is 319 g/mol. The first-order valence-electron chi connectivity index (χ1n) is 6.14. The molecule has 0 spiro atoms. The van der Waals surface area contributed by atoms with Gasteiger partial charge in [-0.1, -0.05) is 0 Å². The van der Waals surface area contributed by atoms with Gasteiger partial charge in [0.25, 0.3) is 10.0 Å². The molecule has 9 heteroatoms. The summed E-state index contributed by atoms with van der Waals surface area (Å²) in [5, 5.41) is 0. The van der Waals surface area contributed by atoms with Crippen LogP contribution in [0.2, 0.25) is 0 Å². The first-order valence-corrected chi connectivity index (χ1v) is 8.50. The highest BCUT2D eigenvalue weighted by Gasteiger charge is 2.28. The van der Waals surface area contributed by atoms with Gasteiger partial charge in [0, 0.05) is 13.1 Å². The van der Waals surface area contributed by atoms with E-state index in [0.29, 0.717) is 12.5 Å². The summed E-state index contributed by atoms with van der Waals surface area (Å²) >= 11 is 0.910. The van der Waals surface area contributed by atoms with Crippen molar-refractivity contribution in [1.29, 1.82) is 0 Å². The van der Waals surface area contributed by atoms with Gasteiger partial charge in [0.1, 0.15) is 0 Å². The standard InChI is InChI=1S/C11H17N3O4S2/c1-14-4-3-8(6-14)5-13-20(16,17)11-9(10(15)18-2)12-7-19-11/h7-8,13H,3-6H2,1-2H3. The van der Waals surface area contributed by atoms with E-state index in [1.54, 1.807) is 0 Å². The topological polar surface area (TPSA) is 88.6 Å². The van der Waals surface area contributed by atoms with Gasteiger partial charge in [-0.2, -0.15) is 0 Å². The van der Waals surface area contributed by atoms with Crippen molar-refractivity contribution in [3.05, 3.63) is 11.2 Å². The summed E-state index contributed by atoms with van der Waals surface area (Å²) in [7, 11) is -0.520. The molecule has 7 nitrogen and oxygen atoms in total. The molecule has 112 valence electrons. The minimum atomic E-state index is -3.72. The molecule has 1 unspecified atom stereocenters. The highest BCUT2D eigenvalue weighted by atomic mass is 32.2. The third kappa shape index (κ3) is 3.35. The molecule has 0 saturated carbocycles. The van der Waals surface area contributed by atoms with Crippen LogP contribution in [0.5, 0.6) is 0 Å². The number of nitrogens with one attached hydrogen (secondary N) is 1. The van der Waals surface area contributed by atoms with Gasteiger partial charge in [-0.15, -0.1) is 11.3 Å². The summed E-state index contributed by atoms with van der Waals surface area (Å²) in [5.74, 6) is -0.448. The molecule has 1 aliphatic heterocycles. The van der Waals surface area contributed by atoms with Gasteiger partial charge in [-0.25, -0.2) is 22.9 Å². The van der Waals surface area contributed by atoms with Gasteiger partial charge in [0.05, 0.1) is 12.6 Å². The average Bonchev–Trinajstić information content (AvgIpc) is 3.04. The molecule has 1 fully saturated rings. The summed E-state index contributed by atoms with van der Waals surface area (Å²) < 4.78 is 31.4. The quantitative estimate of drug-likeness (QED) is 0.778. The first kappa shape index (κ1) is 15.4. The van der Waals surface area contributed by atoms with Crippen molar-refractivity contribution in [2.45, 2.75) is 10.6 Å². The highest BCUT2D eigenvalue weighted by molar-refractivity contribution is 7.91. The third-order valence-electron chi connectivity index (χ3n) is 3.21. The van der Waals surface area contributed by atoms with E-state index in [1.807, 2.05) is 7.05 Å². The van der Waals surface area contributed by atoms with Crippen molar-refractivity contribution in [3.8, 4) is 0 Å². The monoisotopic (exact) mass is 319 g/mol. The molecule has 1 aromatic heterocycles. The Morgan fingerprint density at radius 1 is 1.65 bits per heavy atom. The number of sulfonamides is 1. The van der Waals surface area contributed by atoms with Gasteiger partial charge < -0.3 is 9.64 Å². The molecule has 0 bridgehead atoms.